The van der Waals surface area contributed by atoms with Crippen LogP contribution in [0.15, 0.2) is 42.5 Å². The molecule has 2 rings (SSSR count). The third-order valence-corrected chi connectivity index (χ3v) is 5.59. The molecule has 2 aromatic carbocycles. The van der Waals surface area contributed by atoms with Gasteiger partial charge in [-0.05, 0) is 80.5 Å². The van der Waals surface area contributed by atoms with Gasteiger partial charge >= 0.3 is 6.03 Å². The van der Waals surface area contributed by atoms with Gasteiger partial charge in [0.1, 0.15) is 5.75 Å². The molecule has 0 bridgehead atoms. The highest BCUT2D eigenvalue weighted by Crippen LogP contribution is 2.22. The average molecular weight is 534 g/mol. The normalized spacial score (nSPS) is 11.3. The number of hydrogen-bond donors (Lipinski definition) is 7. The van der Waals surface area contributed by atoms with E-state index in [0.717, 1.165) is 77.3 Å². The number of carbonyl (C=O) groups excluding carboxylic acids is 1. The van der Waals surface area contributed by atoms with E-state index in [4.69, 9.17) is 20.4 Å². The molecule has 38 heavy (non-hydrogen) atoms. The molecule has 212 valence electrons. The molecule has 0 aliphatic heterocycles. The molecule has 0 saturated carbocycles. The quantitative estimate of drug-likeness (QED) is 0.151. The van der Waals surface area contributed by atoms with E-state index < -0.39 is 18.1 Å². The van der Waals surface area contributed by atoms with Crippen LogP contribution in [-0.4, -0.2) is 58.7 Å². The second-order valence-corrected chi connectivity index (χ2v) is 8.96. The Balaban J connectivity index is 0.00000168. The number of rotatable bonds is 17. The van der Waals surface area contributed by atoms with E-state index in [1.165, 1.54) is 11.6 Å². The Morgan fingerprint density at radius 3 is 2.34 bits per heavy atom. The standard InChI is InChI=1S/C26H39N3O5.C2H4O2/c27-26(33)29-23-10-7-9-20(16-23)8-3-1-5-14-34-15-6-2-4-13-28-18-25(32)21-11-12-24(31)22(17-21)19-30;1-2(3)4/h7,9-12,16-17,25,28,30-32H,1-6,8,13-15,18-19H2,(H3,27,29,33);1H3,(H,3,4)/t25-;/m0./s1. The summed E-state index contributed by atoms with van der Waals surface area (Å²) in [5, 5.41) is 42.3. The lowest BCUT2D eigenvalue weighted by molar-refractivity contribution is -0.134. The van der Waals surface area contributed by atoms with Crippen molar-refractivity contribution >= 4 is 17.7 Å². The summed E-state index contributed by atoms with van der Waals surface area (Å²) < 4.78 is 5.72. The summed E-state index contributed by atoms with van der Waals surface area (Å²) in [4.78, 5) is 19.9. The Bertz CT molecular complexity index is 952. The van der Waals surface area contributed by atoms with Crippen LogP contribution >= 0.6 is 0 Å². The lowest BCUT2D eigenvalue weighted by Crippen LogP contribution is -2.22. The number of primary amides is 1. The summed E-state index contributed by atoms with van der Waals surface area (Å²) in [5.74, 6) is -0.796. The van der Waals surface area contributed by atoms with Crippen LogP contribution in [-0.2, 0) is 22.6 Å². The van der Waals surface area contributed by atoms with Crippen LogP contribution in [0.3, 0.4) is 0 Å². The summed E-state index contributed by atoms with van der Waals surface area (Å²) in [5.41, 5.74) is 8.16. The number of aliphatic hydroxyl groups is 2. The molecular weight excluding hydrogens is 490 g/mol. The fourth-order valence-corrected chi connectivity index (χ4v) is 3.69. The zero-order valence-corrected chi connectivity index (χ0v) is 22.2. The predicted octanol–water partition coefficient (Wildman–Crippen LogP) is 3.69. The molecule has 2 amide bonds. The van der Waals surface area contributed by atoms with E-state index in [-0.39, 0.29) is 12.4 Å². The highest BCUT2D eigenvalue weighted by atomic mass is 16.5. The number of carbonyl (C=O) groups is 2. The topological polar surface area (TPSA) is 174 Å². The first-order valence-corrected chi connectivity index (χ1v) is 13.0. The number of phenols is 1. The number of nitrogens with one attached hydrogen (secondary N) is 2. The van der Waals surface area contributed by atoms with Crippen LogP contribution in [0.1, 0.15) is 68.2 Å². The molecule has 0 aliphatic rings. The lowest BCUT2D eigenvalue weighted by atomic mass is 10.1. The number of aryl methyl sites for hydroxylation is 1. The van der Waals surface area contributed by atoms with Crippen molar-refractivity contribution < 1.29 is 34.8 Å². The number of nitrogens with two attached hydrogens (primary N) is 1. The van der Waals surface area contributed by atoms with E-state index in [1.807, 2.05) is 18.2 Å². The number of aliphatic hydroxyl groups excluding tert-OH is 2. The minimum atomic E-state index is -0.833. The van der Waals surface area contributed by atoms with Crippen LogP contribution in [0.5, 0.6) is 5.75 Å². The molecule has 0 unspecified atom stereocenters. The van der Waals surface area contributed by atoms with Gasteiger partial charge in [-0.1, -0.05) is 24.6 Å². The van der Waals surface area contributed by atoms with Crippen LogP contribution < -0.4 is 16.4 Å². The minimum absolute atomic E-state index is 0.0374. The van der Waals surface area contributed by atoms with E-state index in [1.54, 1.807) is 12.1 Å². The van der Waals surface area contributed by atoms with Crippen molar-refractivity contribution in [1.29, 1.82) is 0 Å². The third kappa shape index (κ3) is 15.8. The van der Waals surface area contributed by atoms with E-state index in [0.29, 0.717) is 17.7 Å². The molecule has 0 spiro atoms. The highest BCUT2D eigenvalue weighted by molar-refractivity contribution is 5.87. The predicted molar refractivity (Wildman–Crippen MR) is 147 cm³/mol. The summed E-state index contributed by atoms with van der Waals surface area (Å²) in [7, 11) is 0. The van der Waals surface area contributed by atoms with Crippen LogP contribution in [0.2, 0.25) is 0 Å². The molecule has 2 aromatic rings. The fourth-order valence-electron chi connectivity index (χ4n) is 3.69. The molecule has 0 aromatic heterocycles. The van der Waals surface area contributed by atoms with Crippen molar-refractivity contribution in [2.24, 2.45) is 5.73 Å². The number of aliphatic carboxylic acids is 1. The van der Waals surface area contributed by atoms with E-state index in [9.17, 15) is 20.1 Å². The largest absolute Gasteiger partial charge is 0.508 e. The highest BCUT2D eigenvalue weighted by Gasteiger charge is 2.09. The van der Waals surface area contributed by atoms with Gasteiger partial charge in [0.05, 0.1) is 12.7 Å². The zero-order chi connectivity index (χ0) is 28.2. The maximum Gasteiger partial charge on any atom is 0.316 e. The van der Waals surface area contributed by atoms with Gasteiger partial charge < -0.3 is 41.5 Å². The first-order chi connectivity index (χ1) is 18.2. The summed E-state index contributed by atoms with van der Waals surface area (Å²) in [6, 6.07) is 12.0. The van der Waals surface area contributed by atoms with Gasteiger partial charge in [-0.3, -0.25) is 4.79 Å². The molecule has 10 heteroatoms. The Morgan fingerprint density at radius 1 is 1.00 bits per heavy atom. The van der Waals surface area contributed by atoms with Crippen LogP contribution in [0.4, 0.5) is 10.5 Å². The maximum absolute atomic E-state index is 10.9. The monoisotopic (exact) mass is 533 g/mol. The molecule has 0 heterocycles. The number of urea groups is 1. The summed E-state index contributed by atoms with van der Waals surface area (Å²) in [6.07, 6.45) is 6.59. The summed E-state index contributed by atoms with van der Waals surface area (Å²) in [6.45, 7) is 3.61. The Labute approximate surface area is 224 Å². The van der Waals surface area contributed by atoms with Gasteiger partial charge in [0, 0.05) is 37.9 Å². The SMILES string of the molecule is CC(=O)O.NC(=O)Nc1cccc(CCCCCOCCCCCNC[C@H](O)c2ccc(O)c(CO)c2)c1. The second kappa shape index (κ2) is 19.9. The molecule has 0 saturated heterocycles. The Morgan fingerprint density at radius 2 is 1.68 bits per heavy atom. The van der Waals surface area contributed by atoms with Gasteiger partial charge in [-0.2, -0.15) is 0 Å². The van der Waals surface area contributed by atoms with Crippen molar-refractivity contribution in [3.05, 3.63) is 59.2 Å². The van der Waals surface area contributed by atoms with Gasteiger partial charge in [0.15, 0.2) is 0 Å². The number of anilines is 1. The molecule has 0 aliphatic carbocycles. The Hall–Kier alpha value is -3.18. The van der Waals surface area contributed by atoms with Gasteiger partial charge in [-0.25, -0.2) is 4.79 Å². The molecule has 8 N–H and O–H groups in total. The molecule has 0 radical (unpaired) electrons. The molecule has 1 atom stereocenters. The fraction of sp³-hybridized carbons (Fsp3) is 0.500. The van der Waals surface area contributed by atoms with Crippen molar-refractivity contribution in [1.82, 2.24) is 5.32 Å². The number of benzene rings is 2. The number of carboxylic acid groups (broad SMARTS) is 1. The van der Waals surface area contributed by atoms with Crippen molar-refractivity contribution in [2.45, 2.75) is 64.6 Å². The lowest BCUT2D eigenvalue weighted by Gasteiger charge is -2.14. The molecule has 0 fully saturated rings. The Kier molecular flexibility index (Phi) is 17.2. The molecular formula is C28H43N3O7. The van der Waals surface area contributed by atoms with Gasteiger partial charge in [0.2, 0.25) is 0 Å². The first kappa shape index (κ1) is 32.8. The second-order valence-electron chi connectivity index (χ2n) is 8.96. The van der Waals surface area contributed by atoms with E-state index >= 15 is 0 Å². The van der Waals surface area contributed by atoms with Gasteiger partial charge in [-0.15, -0.1) is 0 Å². The van der Waals surface area contributed by atoms with E-state index in [2.05, 4.69) is 16.7 Å². The zero-order valence-electron chi connectivity index (χ0n) is 22.2. The van der Waals surface area contributed by atoms with Crippen molar-refractivity contribution in [3.8, 4) is 5.75 Å². The van der Waals surface area contributed by atoms with Crippen LogP contribution in [0, 0.1) is 0 Å². The van der Waals surface area contributed by atoms with Crippen molar-refractivity contribution in [2.75, 3.05) is 31.6 Å². The number of hydrogen-bond acceptors (Lipinski definition) is 7. The number of amides is 2. The number of unbranched alkanes of at least 4 members (excludes halogenated alkanes) is 4. The van der Waals surface area contributed by atoms with Crippen LogP contribution in [0.25, 0.3) is 0 Å². The van der Waals surface area contributed by atoms with Crippen molar-refractivity contribution in [3.63, 3.8) is 0 Å². The number of carboxylic acids is 1. The average Bonchev–Trinajstić information content (AvgIpc) is 2.86. The smallest absolute Gasteiger partial charge is 0.316 e. The first-order valence-electron chi connectivity index (χ1n) is 13.0. The third-order valence-electron chi connectivity index (χ3n) is 5.59. The summed E-state index contributed by atoms with van der Waals surface area (Å²) >= 11 is 0. The number of ether oxygens (including phenoxy) is 1. The molecule has 10 nitrogen and oxygen atoms in total. The minimum Gasteiger partial charge on any atom is -0.508 e. The number of aromatic hydroxyl groups is 1. The van der Waals surface area contributed by atoms with Gasteiger partial charge in [0.25, 0.3) is 5.97 Å². The maximum atomic E-state index is 10.9.